The predicted octanol–water partition coefficient (Wildman–Crippen LogP) is 2.89. The van der Waals surface area contributed by atoms with Crippen LogP contribution in [0.3, 0.4) is 0 Å². The van der Waals surface area contributed by atoms with E-state index in [-0.39, 0.29) is 18.0 Å². The number of amides is 1. The molecule has 2 atom stereocenters. The number of nitrogens with zero attached hydrogens (tertiary/aromatic N) is 1. The Kier molecular flexibility index (Phi) is 4.56. The zero-order valence-corrected chi connectivity index (χ0v) is 15.4. The van der Waals surface area contributed by atoms with Gasteiger partial charge in [0.1, 0.15) is 0 Å². The second-order valence-corrected chi connectivity index (χ2v) is 8.42. The van der Waals surface area contributed by atoms with Gasteiger partial charge in [0, 0.05) is 11.6 Å². The van der Waals surface area contributed by atoms with Crippen molar-refractivity contribution in [1.29, 1.82) is 0 Å². The minimum Gasteiger partial charge on any atom is -0.346 e. The van der Waals surface area contributed by atoms with Crippen LogP contribution in [0.5, 0.6) is 0 Å². The second kappa shape index (κ2) is 6.52. The third-order valence-corrected chi connectivity index (χ3v) is 5.77. The first-order chi connectivity index (χ1) is 11.8. The Morgan fingerprint density at radius 2 is 1.88 bits per heavy atom. The third-order valence-electron chi connectivity index (χ3n) is 4.50. The SMILES string of the molecule is C[C@@H](NC(=O)c1ccc2c(c1)C[C@H](C)N2S(C)(=O)=O)c1ccccc1. The van der Waals surface area contributed by atoms with E-state index in [2.05, 4.69) is 5.32 Å². The molecule has 0 saturated carbocycles. The van der Waals surface area contributed by atoms with E-state index in [4.69, 9.17) is 0 Å². The molecule has 0 aliphatic carbocycles. The lowest BCUT2D eigenvalue weighted by Gasteiger charge is -2.22. The summed E-state index contributed by atoms with van der Waals surface area (Å²) in [6.07, 6.45) is 1.82. The molecule has 0 fully saturated rings. The molecule has 0 bridgehead atoms. The van der Waals surface area contributed by atoms with E-state index in [1.54, 1.807) is 18.2 Å². The van der Waals surface area contributed by atoms with Gasteiger partial charge >= 0.3 is 0 Å². The Balaban J connectivity index is 1.81. The van der Waals surface area contributed by atoms with Crippen molar-refractivity contribution in [3.63, 3.8) is 0 Å². The van der Waals surface area contributed by atoms with Crippen LogP contribution in [0.4, 0.5) is 5.69 Å². The molecule has 25 heavy (non-hydrogen) atoms. The van der Waals surface area contributed by atoms with E-state index in [0.717, 1.165) is 11.1 Å². The largest absolute Gasteiger partial charge is 0.346 e. The Morgan fingerprint density at radius 1 is 1.20 bits per heavy atom. The number of sulfonamides is 1. The lowest BCUT2D eigenvalue weighted by Crippen LogP contribution is -2.34. The first-order valence-electron chi connectivity index (χ1n) is 8.25. The maximum Gasteiger partial charge on any atom is 0.251 e. The highest BCUT2D eigenvalue weighted by atomic mass is 32.2. The molecule has 132 valence electrons. The summed E-state index contributed by atoms with van der Waals surface area (Å²) in [4.78, 5) is 12.5. The molecule has 0 spiro atoms. The van der Waals surface area contributed by atoms with Crippen LogP contribution in [-0.4, -0.2) is 26.6 Å². The zero-order valence-electron chi connectivity index (χ0n) is 14.6. The average Bonchev–Trinajstić information content (AvgIpc) is 2.90. The molecule has 1 heterocycles. The fourth-order valence-electron chi connectivity index (χ4n) is 3.35. The molecule has 2 aromatic carbocycles. The summed E-state index contributed by atoms with van der Waals surface area (Å²) in [7, 11) is -3.32. The third kappa shape index (κ3) is 3.54. The van der Waals surface area contributed by atoms with E-state index in [1.807, 2.05) is 44.2 Å². The number of nitrogens with one attached hydrogen (secondary N) is 1. The molecule has 3 rings (SSSR count). The quantitative estimate of drug-likeness (QED) is 0.914. The summed E-state index contributed by atoms with van der Waals surface area (Å²) >= 11 is 0. The molecule has 0 saturated heterocycles. The van der Waals surface area contributed by atoms with Crippen molar-refractivity contribution < 1.29 is 13.2 Å². The summed E-state index contributed by atoms with van der Waals surface area (Å²) in [6, 6.07) is 14.7. The zero-order chi connectivity index (χ0) is 18.2. The van der Waals surface area contributed by atoms with Gasteiger partial charge in [0.15, 0.2) is 0 Å². The van der Waals surface area contributed by atoms with Crippen molar-refractivity contribution in [2.75, 3.05) is 10.6 Å². The predicted molar refractivity (Wildman–Crippen MR) is 99.3 cm³/mol. The Labute approximate surface area is 148 Å². The topological polar surface area (TPSA) is 66.5 Å². The Morgan fingerprint density at radius 3 is 2.52 bits per heavy atom. The minimum atomic E-state index is -3.32. The van der Waals surface area contributed by atoms with Gasteiger partial charge in [-0.2, -0.15) is 0 Å². The fraction of sp³-hybridized carbons (Fsp3) is 0.316. The van der Waals surface area contributed by atoms with E-state index >= 15 is 0 Å². The molecular formula is C19H22N2O3S. The van der Waals surface area contributed by atoms with Gasteiger partial charge in [-0.1, -0.05) is 30.3 Å². The number of hydrogen-bond acceptors (Lipinski definition) is 3. The fourth-order valence-corrected chi connectivity index (χ4v) is 4.62. The first kappa shape index (κ1) is 17.5. The van der Waals surface area contributed by atoms with Gasteiger partial charge in [0.05, 0.1) is 18.0 Å². The molecule has 1 aliphatic heterocycles. The second-order valence-electron chi connectivity index (χ2n) is 6.56. The molecule has 6 heteroatoms. The smallest absolute Gasteiger partial charge is 0.251 e. The van der Waals surface area contributed by atoms with Gasteiger partial charge < -0.3 is 5.32 Å². The molecule has 1 amide bonds. The van der Waals surface area contributed by atoms with Gasteiger partial charge in [0.2, 0.25) is 10.0 Å². The van der Waals surface area contributed by atoms with E-state index in [0.29, 0.717) is 17.7 Å². The molecular weight excluding hydrogens is 336 g/mol. The molecule has 5 nitrogen and oxygen atoms in total. The highest BCUT2D eigenvalue weighted by molar-refractivity contribution is 7.92. The summed E-state index contributed by atoms with van der Waals surface area (Å²) in [5.74, 6) is -0.162. The number of benzene rings is 2. The highest BCUT2D eigenvalue weighted by Crippen LogP contribution is 2.34. The van der Waals surface area contributed by atoms with Crippen LogP contribution < -0.4 is 9.62 Å². The standard InChI is InChI=1S/C19H22N2O3S/c1-13-11-17-12-16(9-10-18(17)21(13)25(3,23)24)19(22)20-14(2)15-7-5-4-6-8-15/h4-10,12-14H,11H2,1-3H3,(H,20,22)/t13-,14+/m0/s1. The van der Waals surface area contributed by atoms with Crippen LogP contribution in [0, 0.1) is 0 Å². The monoisotopic (exact) mass is 358 g/mol. The van der Waals surface area contributed by atoms with E-state index < -0.39 is 10.0 Å². The maximum atomic E-state index is 12.5. The molecule has 1 N–H and O–H groups in total. The average molecular weight is 358 g/mol. The maximum absolute atomic E-state index is 12.5. The van der Waals surface area contributed by atoms with Gasteiger partial charge in [0.25, 0.3) is 5.91 Å². The van der Waals surface area contributed by atoms with Crippen LogP contribution >= 0.6 is 0 Å². The van der Waals surface area contributed by atoms with Gasteiger partial charge in [-0.05, 0) is 49.6 Å². The van der Waals surface area contributed by atoms with Crippen molar-refractivity contribution in [1.82, 2.24) is 5.32 Å². The van der Waals surface area contributed by atoms with Crippen molar-refractivity contribution in [3.05, 3.63) is 65.2 Å². The molecule has 1 aliphatic rings. The molecule has 0 unspecified atom stereocenters. The molecule has 0 radical (unpaired) electrons. The van der Waals surface area contributed by atoms with Crippen LogP contribution in [0.2, 0.25) is 0 Å². The number of carbonyl (C=O) groups excluding carboxylic acids is 1. The minimum absolute atomic E-state index is 0.103. The first-order valence-corrected chi connectivity index (χ1v) is 10.1. The summed E-state index contributed by atoms with van der Waals surface area (Å²) in [6.45, 7) is 3.81. The summed E-state index contributed by atoms with van der Waals surface area (Å²) < 4.78 is 25.4. The number of carbonyl (C=O) groups is 1. The summed E-state index contributed by atoms with van der Waals surface area (Å²) in [5, 5.41) is 2.99. The number of hydrogen-bond donors (Lipinski definition) is 1. The lowest BCUT2D eigenvalue weighted by atomic mass is 10.0. The lowest BCUT2D eigenvalue weighted by molar-refractivity contribution is 0.0940. The molecule has 0 aromatic heterocycles. The number of anilines is 1. The van der Waals surface area contributed by atoms with E-state index in [9.17, 15) is 13.2 Å². The van der Waals surface area contributed by atoms with Crippen molar-refractivity contribution in [2.24, 2.45) is 0 Å². The van der Waals surface area contributed by atoms with Crippen molar-refractivity contribution >= 4 is 21.6 Å². The van der Waals surface area contributed by atoms with Gasteiger partial charge in [-0.25, -0.2) is 8.42 Å². The van der Waals surface area contributed by atoms with Crippen LogP contribution in [0.15, 0.2) is 48.5 Å². The van der Waals surface area contributed by atoms with E-state index in [1.165, 1.54) is 10.6 Å². The molecule has 2 aromatic rings. The number of fused-ring (bicyclic) bond motifs is 1. The highest BCUT2D eigenvalue weighted by Gasteiger charge is 2.32. The van der Waals surface area contributed by atoms with Crippen molar-refractivity contribution in [3.8, 4) is 0 Å². The van der Waals surface area contributed by atoms with Crippen LogP contribution in [-0.2, 0) is 16.4 Å². The van der Waals surface area contributed by atoms with Gasteiger partial charge in [-0.15, -0.1) is 0 Å². The van der Waals surface area contributed by atoms with Crippen LogP contribution in [0.25, 0.3) is 0 Å². The van der Waals surface area contributed by atoms with Crippen molar-refractivity contribution in [2.45, 2.75) is 32.4 Å². The Hall–Kier alpha value is -2.34. The Bertz CT molecular complexity index is 894. The van der Waals surface area contributed by atoms with Gasteiger partial charge in [-0.3, -0.25) is 9.10 Å². The normalized spacial score (nSPS) is 17.9. The summed E-state index contributed by atoms with van der Waals surface area (Å²) in [5.41, 5.74) is 3.14. The number of rotatable bonds is 4. The van der Waals surface area contributed by atoms with Crippen LogP contribution in [0.1, 0.15) is 41.4 Å².